The fraction of sp³-hybridized carbons (Fsp3) is 0.235. The number of nitrogens with one attached hydrogen (secondary N) is 1. The van der Waals surface area contributed by atoms with Crippen LogP contribution in [0.15, 0.2) is 47.1 Å². The van der Waals surface area contributed by atoms with E-state index in [1.807, 2.05) is 0 Å². The zero-order valence-corrected chi connectivity index (χ0v) is 13.4. The topological polar surface area (TPSA) is 88.8 Å². The Bertz CT molecular complexity index is 707. The number of furan rings is 1. The second-order valence-corrected chi connectivity index (χ2v) is 4.94. The first-order valence-electron chi connectivity index (χ1n) is 7.31. The zero-order chi connectivity index (χ0) is 17.5. The number of hydrogen-bond acceptors (Lipinski definition) is 5. The summed E-state index contributed by atoms with van der Waals surface area (Å²) >= 11 is 0. The molecule has 2 rings (SSSR count). The second-order valence-electron chi connectivity index (χ2n) is 4.94. The Morgan fingerprint density at radius 3 is 2.42 bits per heavy atom. The van der Waals surface area contributed by atoms with Crippen LogP contribution < -0.4 is 10.2 Å². The predicted octanol–water partition coefficient (Wildman–Crippen LogP) is 1.85. The van der Waals surface area contributed by atoms with Gasteiger partial charge in [0.05, 0.1) is 18.9 Å². The minimum Gasteiger partial charge on any atom is -0.465 e. The third-order valence-corrected chi connectivity index (χ3v) is 3.35. The normalized spacial score (nSPS) is 10.1. The number of nitrogens with zero attached hydrogens (tertiary/aromatic N) is 1. The lowest BCUT2D eigenvalue weighted by Gasteiger charge is -2.21. The lowest BCUT2D eigenvalue weighted by Crippen LogP contribution is -2.37. The number of amides is 2. The van der Waals surface area contributed by atoms with Crippen LogP contribution in [0.2, 0.25) is 0 Å². The monoisotopic (exact) mass is 330 g/mol. The summed E-state index contributed by atoms with van der Waals surface area (Å²) in [4.78, 5) is 36.5. The molecule has 0 atom stereocenters. The van der Waals surface area contributed by atoms with Gasteiger partial charge in [-0.3, -0.25) is 9.59 Å². The maximum atomic E-state index is 11.8. The van der Waals surface area contributed by atoms with Gasteiger partial charge in [0, 0.05) is 25.7 Å². The number of methoxy groups -OCH3 is 1. The van der Waals surface area contributed by atoms with Crippen LogP contribution in [-0.2, 0) is 9.53 Å². The number of anilines is 1. The van der Waals surface area contributed by atoms with Crippen molar-refractivity contribution in [2.45, 2.75) is 6.92 Å². The molecule has 0 unspecified atom stereocenters. The molecule has 1 aromatic carbocycles. The maximum absolute atomic E-state index is 11.8. The summed E-state index contributed by atoms with van der Waals surface area (Å²) in [6.07, 6.45) is 1.42. The van der Waals surface area contributed by atoms with E-state index in [9.17, 15) is 14.4 Å². The first kappa shape index (κ1) is 17.3. The van der Waals surface area contributed by atoms with Crippen LogP contribution in [0.25, 0.3) is 0 Å². The molecule has 0 aliphatic carbocycles. The first-order valence-corrected chi connectivity index (χ1v) is 7.31. The largest absolute Gasteiger partial charge is 0.465 e. The molecule has 1 heterocycles. The van der Waals surface area contributed by atoms with E-state index >= 15 is 0 Å². The van der Waals surface area contributed by atoms with E-state index in [4.69, 9.17) is 4.42 Å². The molecule has 0 saturated heterocycles. The van der Waals surface area contributed by atoms with E-state index in [0.29, 0.717) is 17.8 Å². The molecule has 0 aliphatic rings. The highest BCUT2D eigenvalue weighted by Crippen LogP contribution is 2.16. The van der Waals surface area contributed by atoms with E-state index in [1.54, 1.807) is 36.4 Å². The van der Waals surface area contributed by atoms with Crippen molar-refractivity contribution < 1.29 is 23.5 Å². The van der Waals surface area contributed by atoms with Crippen molar-refractivity contribution in [1.29, 1.82) is 0 Å². The zero-order valence-electron chi connectivity index (χ0n) is 13.4. The van der Waals surface area contributed by atoms with Crippen LogP contribution in [0.3, 0.4) is 0 Å². The summed E-state index contributed by atoms with van der Waals surface area (Å²) in [7, 11) is 1.31. The molecule has 0 fully saturated rings. The number of ether oxygens (including phenoxy) is 1. The van der Waals surface area contributed by atoms with Gasteiger partial charge in [0.2, 0.25) is 5.91 Å². The van der Waals surface area contributed by atoms with E-state index in [2.05, 4.69) is 10.1 Å². The molecule has 2 amide bonds. The number of carbonyl (C=O) groups is 3. The Labute approximate surface area is 139 Å². The maximum Gasteiger partial charge on any atom is 0.337 e. The van der Waals surface area contributed by atoms with Crippen LogP contribution in [0.5, 0.6) is 0 Å². The van der Waals surface area contributed by atoms with E-state index in [1.165, 1.54) is 25.2 Å². The van der Waals surface area contributed by atoms with Gasteiger partial charge in [0.25, 0.3) is 5.91 Å². The summed E-state index contributed by atoms with van der Waals surface area (Å²) < 4.78 is 9.63. The standard InChI is InChI=1S/C17H18N2O5/c1-12(20)19(10-9-18-16(21)15-4-3-11-24-15)14-7-5-13(6-8-14)17(22)23-2/h3-8,11H,9-10H2,1-2H3,(H,18,21). The smallest absolute Gasteiger partial charge is 0.337 e. The number of benzene rings is 1. The molecule has 0 bridgehead atoms. The van der Waals surface area contributed by atoms with Gasteiger partial charge in [0.1, 0.15) is 0 Å². The highest BCUT2D eigenvalue weighted by molar-refractivity contribution is 5.94. The minimum absolute atomic E-state index is 0.173. The highest BCUT2D eigenvalue weighted by atomic mass is 16.5. The summed E-state index contributed by atoms with van der Waals surface area (Å²) in [6, 6.07) is 9.66. The minimum atomic E-state index is -0.443. The Morgan fingerprint density at radius 1 is 1.17 bits per heavy atom. The highest BCUT2D eigenvalue weighted by Gasteiger charge is 2.14. The number of carbonyl (C=O) groups excluding carboxylic acids is 3. The first-order chi connectivity index (χ1) is 11.5. The molecule has 0 spiro atoms. The van der Waals surface area contributed by atoms with Crippen molar-refractivity contribution in [1.82, 2.24) is 5.32 Å². The van der Waals surface area contributed by atoms with Crippen molar-refractivity contribution in [3.05, 3.63) is 54.0 Å². The van der Waals surface area contributed by atoms with Gasteiger partial charge in [0.15, 0.2) is 5.76 Å². The molecule has 0 aliphatic heterocycles. The molecule has 2 aromatic rings. The lowest BCUT2D eigenvalue weighted by molar-refractivity contribution is -0.116. The van der Waals surface area contributed by atoms with Gasteiger partial charge in [-0.1, -0.05) is 0 Å². The van der Waals surface area contributed by atoms with Crippen LogP contribution >= 0.6 is 0 Å². The predicted molar refractivity (Wildman–Crippen MR) is 86.8 cm³/mol. The molecular weight excluding hydrogens is 312 g/mol. The van der Waals surface area contributed by atoms with Crippen molar-refractivity contribution in [3.63, 3.8) is 0 Å². The van der Waals surface area contributed by atoms with Crippen molar-refractivity contribution in [2.75, 3.05) is 25.1 Å². The van der Waals surface area contributed by atoms with Gasteiger partial charge in [-0.25, -0.2) is 4.79 Å². The number of hydrogen-bond donors (Lipinski definition) is 1. The Balaban J connectivity index is 1.98. The lowest BCUT2D eigenvalue weighted by atomic mass is 10.2. The summed E-state index contributed by atoms with van der Waals surface area (Å²) in [5.41, 5.74) is 1.03. The van der Waals surface area contributed by atoms with Gasteiger partial charge in [-0.2, -0.15) is 0 Å². The van der Waals surface area contributed by atoms with E-state index in [0.717, 1.165) is 0 Å². The summed E-state index contributed by atoms with van der Waals surface area (Å²) in [5, 5.41) is 2.68. The fourth-order valence-electron chi connectivity index (χ4n) is 2.14. The molecular formula is C17H18N2O5. The van der Waals surface area contributed by atoms with Gasteiger partial charge >= 0.3 is 5.97 Å². The quantitative estimate of drug-likeness (QED) is 0.817. The third kappa shape index (κ3) is 4.22. The van der Waals surface area contributed by atoms with Crippen molar-refractivity contribution in [2.24, 2.45) is 0 Å². The third-order valence-electron chi connectivity index (χ3n) is 3.35. The number of rotatable bonds is 6. The fourth-order valence-corrected chi connectivity index (χ4v) is 2.14. The Hall–Kier alpha value is -3.09. The van der Waals surface area contributed by atoms with Gasteiger partial charge in [-0.15, -0.1) is 0 Å². The summed E-state index contributed by atoms with van der Waals surface area (Å²) in [6.45, 7) is 1.99. The molecule has 0 radical (unpaired) electrons. The second kappa shape index (κ2) is 7.96. The Kier molecular flexibility index (Phi) is 5.73. The Morgan fingerprint density at radius 2 is 1.88 bits per heavy atom. The van der Waals surface area contributed by atoms with E-state index in [-0.39, 0.29) is 24.1 Å². The molecule has 24 heavy (non-hydrogen) atoms. The van der Waals surface area contributed by atoms with Crippen molar-refractivity contribution >= 4 is 23.5 Å². The number of esters is 1. The van der Waals surface area contributed by atoms with Crippen LogP contribution in [0.4, 0.5) is 5.69 Å². The van der Waals surface area contributed by atoms with Crippen LogP contribution in [0, 0.1) is 0 Å². The molecule has 7 heteroatoms. The van der Waals surface area contributed by atoms with Gasteiger partial charge in [-0.05, 0) is 36.4 Å². The van der Waals surface area contributed by atoms with Crippen LogP contribution in [0.1, 0.15) is 27.8 Å². The molecule has 0 saturated carbocycles. The van der Waals surface area contributed by atoms with Gasteiger partial charge < -0.3 is 19.4 Å². The van der Waals surface area contributed by atoms with Crippen molar-refractivity contribution in [3.8, 4) is 0 Å². The summed E-state index contributed by atoms with van der Waals surface area (Å²) in [5.74, 6) is -0.744. The molecule has 126 valence electrons. The van der Waals surface area contributed by atoms with Crippen LogP contribution in [-0.4, -0.2) is 38.0 Å². The average molecular weight is 330 g/mol. The molecule has 7 nitrogen and oxygen atoms in total. The molecule has 1 N–H and O–H groups in total. The average Bonchev–Trinajstić information content (AvgIpc) is 3.12. The molecule has 1 aromatic heterocycles. The van der Waals surface area contributed by atoms with E-state index < -0.39 is 5.97 Å². The SMILES string of the molecule is COC(=O)c1ccc(N(CCNC(=O)c2ccco2)C(C)=O)cc1.